The SMILES string of the molecule is CN=C(NCCc1ccc(OC)c(OC)c1)NCc1ccc(OC)c(C)c1. The van der Waals surface area contributed by atoms with E-state index in [4.69, 9.17) is 14.2 Å². The molecular formula is C21H29N3O3. The Morgan fingerprint density at radius 1 is 0.852 bits per heavy atom. The van der Waals surface area contributed by atoms with E-state index >= 15 is 0 Å². The van der Waals surface area contributed by atoms with Gasteiger partial charge in [0.15, 0.2) is 17.5 Å². The van der Waals surface area contributed by atoms with E-state index in [2.05, 4.69) is 27.8 Å². The lowest BCUT2D eigenvalue weighted by molar-refractivity contribution is 0.354. The van der Waals surface area contributed by atoms with E-state index in [9.17, 15) is 0 Å². The summed E-state index contributed by atoms with van der Waals surface area (Å²) < 4.78 is 15.9. The number of nitrogens with one attached hydrogen (secondary N) is 2. The second kappa shape index (κ2) is 10.3. The summed E-state index contributed by atoms with van der Waals surface area (Å²) in [5.74, 6) is 3.15. The Morgan fingerprint density at radius 3 is 2.15 bits per heavy atom. The number of ether oxygens (including phenoxy) is 3. The van der Waals surface area contributed by atoms with Crippen molar-refractivity contribution >= 4 is 5.96 Å². The summed E-state index contributed by atoms with van der Waals surface area (Å²) in [4.78, 5) is 4.28. The molecule has 2 aromatic rings. The first-order valence-electron chi connectivity index (χ1n) is 8.90. The first-order chi connectivity index (χ1) is 13.1. The lowest BCUT2D eigenvalue weighted by Crippen LogP contribution is -2.37. The molecule has 0 saturated heterocycles. The third kappa shape index (κ3) is 5.81. The van der Waals surface area contributed by atoms with Crippen LogP contribution in [0.4, 0.5) is 0 Å². The molecule has 0 spiro atoms. The zero-order valence-corrected chi connectivity index (χ0v) is 16.8. The lowest BCUT2D eigenvalue weighted by Gasteiger charge is -2.14. The van der Waals surface area contributed by atoms with Crippen LogP contribution in [0.2, 0.25) is 0 Å². The van der Waals surface area contributed by atoms with Crippen LogP contribution in [0, 0.1) is 6.92 Å². The molecule has 0 amide bonds. The summed E-state index contributed by atoms with van der Waals surface area (Å²) in [6, 6.07) is 12.1. The van der Waals surface area contributed by atoms with Crippen LogP contribution in [-0.2, 0) is 13.0 Å². The molecule has 0 heterocycles. The van der Waals surface area contributed by atoms with E-state index in [1.54, 1.807) is 28.4 Å². The van der Waals surface area contributed by atoms with Gasteiger partial charge in [0.25, 0.3) is 0 Å². The second-order valence-electron chi connectivity index (χ2n) is 6.10. The quantitative estimate of drug-likeness (QED) is 0.552. The largest absolute Gasteiger partial charge is 0.496 e. The molecule has 2 rings (SSSR count). The number of hydrogen-bond acceptors (Lipinski definition) is 4. The molecule has 0 fully saturated rings. The fraction of sp³-hybridized carbons (Fsp3) is 0.381. The molecule has 0 aromatic heterocycles. The molecule has 0 saturated carbocycles. The van der Waals surface area contributed by atoms with Crippen molar-refractivity contribution in [2.45, 2.75) is 19.9 Å². The number of rotatable bonds is 8. The minimum absolute atomic E-state index is 0.695. The summed E-state index contributed by atoms with van der Waals surface area (Å²) in [7, 11) is 6.74. The summed E-state index contributed by atoms with van der Waals surface area (Å²) in [5.41, 5.74) is 3.46. The van der Waals surface area contributed by atoms with Gasteiger partial charge in [-0.05, 0) is 48.2 Å². The summed E-state index contributed by atoms with van der Waals surface area (Å²) >= 11 is 0. The van der Waals surface area contributed by atoms with Crippen molar-refractivity contribution in [2.75, 3.05) is 34.9 Å². The molecular weight excluding hydrogens is 342 g/mol. The molecule has 2 aromatic carbocycles. The molecule has 2 N–H and O–H groups in total. The van der Waals surface area contributed by atoms with E-state index in [0.717, 1.165) is 41.7 Å². The van der Waals surface area contributed by atoms with Crippen molar-refractivity contribution in [1.29, 1.82) is 0 Å². The zero-order chi connectivity index (χ0) is 19.6. The molecule has 0 aliphatic carbocycles. The third-order valence-electron chi connectivity index (χ3n) is 4.30. The van der Waals surface area contributed by atoms with Gasteiger partial charge in [0.05, 0.1) is 21.3 Å². The third-order valence-corrected chi connectivity index (χ3v) is 4.30. The van der Waals surface area contributed by atoms with Gasteiger partial charge in [-0.25, -0.2) is 0 Å². The fourth-order valence-corrected chi connectivity index (χ4v) is 2.82. The molecule has 0 aliphatic heterocycles. The number of nitrogens with zero attached hydrogens (tertiary/aromatic N) is 1. The van der Waals surface area contributed by atoms with Crippen LogP contribution in [0.1, 0.15) is 16.7 Å². The van der Waals surface area contributed by atoms with Crippen molar-refractivity contribution in [3.63, 3.8) is 0 Å². The maximum Gasteiger partial charge on any atom is 0.191 e. The smallest absolute Gasteiger partial charge is 0.191 e. The van der Waals surface area contributed by atoms with Gasteiger partial charge >= 0.3 is 0 Å². The topological polar surface area (TPSA) is 64.1 Å². The maximum atomic E-state index is 5.35. The Balaban J connectivity index is 1.84. The minimum Gasteiger partial charge on any atom is -0.496 e. The number of aliphatic imine (C=N–C) groups is 1. The van der Waals surface area contributed by atoms with Crippen LogP contribution >= 0.6 is 0 Å². The second-order valence-corrected chi connectivity index (χ2v) is 6.10. The van der Waals surface area contributed by atoms with Crippen molar-refractivity contribution in [3.05, 3.63) is 53.1 Å². The Hall–Kier alpha value is -2.89. The Morgan fingerprint density at radius 2 is 1.52 bits per heavy atom. The first kappa shape index (κ1) is 20.4. The van der Waals surface area contributed by atoms with E-state index in [1.807, 2.05) is 31.2 Å². The predicted molar refractivity (Wildman–Crippen MR) is 109 cm³/mol. The molecule has 146 valence electrons. The number of aryl methyl sites for hydroxylation is 1. The normalized spacial score (nSPS) is 11.1. The Kier molecular flexibility index (Phi) is 7.79. The van der Waals surface area contributed by atoms with Crippen LogP contribution < -0.4 is 24.8 Å². The monoisotopic (exact) mass is 371 g/mol. The van der Waals surface area contributed by atoms with Gasteiger partial charge in [0, 0.05) is 20.1 Å². The average molecular weight is 371 g/mol. The molecule has 27 heavy (non-hydrogen) atoms. The van der Waals surface area contributed by atoms with Crippen LogP contribution in [0.5, 0.6) is 17.2 Å². The van der Waals surface area contributed by atoms with Crippen molar-refractivity contribution in [2.24, 2.45) is 4.99 Å². The van der Waals surface area contributed by atoms with Gasteiger partial charge < -0.3 is 24.8 Å². The fourth-order valence-electron chi connectivity index (χ4n) is 2.82. The van der Waals surface area contributed by atoms with Gasteiger partial charge in [-0.1, -0.05) is 18.2 Å². The first-order valence-corrected chi connectivity index (χ1v) is 8.90. The van der Waals surface area contributed by atoms with E-state index < -0.39 is 0 Å². The molecule has 0 bridgehead atoms. The van der Waals surface area contributed by atoms with Crippen LogP contribution in [0.3, 0.4) is 0 Å². The van der Waals surface area contributed by atoms with Gasteiger partial charge in [-0.15, -0.1) is 0 Å². The van der Waals surface area contributed by atoms with Crippen LogP contribution in [0.15, 0.2) is 41.4 Å². The summed E-state index contributed by atoms with van der Waals surface area (Å²) in [6.45, 7) is 3.50. The molecule has 6 nitrogen and oxygen atoms in total. The number of guanidine groups is 1. The van der Waals surface area contributed by atoms with Crippen molar-refractivity contribution in [3.8, 4) is 17.2 Å². The Bertz CT molecular complexity index is 775. The Labute approximate surface area is 161 Å². The van der Waals surface area contributed by atoms with Gasteiger partial charge in [-0.2, -0.15) is 0 Å². The standard InChI is InChI=1S/C21H29N3O3/c1-15-12-17(7-8-18(15)25-3)14-24-21(22-2)23-11-10-16-6-9-19(26-4)20(13-16)27-5/h6-9,12-13H,10-11,14H2,1-5H3,(H2,22,23,24). The predicted octanol–water partition coefficient (Wildman–Crippen LogP) is 2.93. The lowest BCUT2D eigenvalue weighted by atomic mass is 10.1. The minimum atomic E-state index is 0.695. The van der Waals surface area contributed by atoms with Crippen LogP contribution in [0.25, 0.3) is 0 Å². The highest BCUT2D eigenvalue weighted by Crippen LogP contribution is 2.27. The summed E-state index contributed by atoms with van der Waals surface area (Å²) in [5, 5.41) is 6.66. The van der Waals surface area contributed by atoms with E-state index in [0.29, 0.717) is 6.54 Å². The number of benzene rings is 2. The van der Waals surface area contributed by atoms with Crippen LogP contribution in [-0.4, -0.2) is 40.9 Å². The molecule has 0 radical (unpaired) electrons. The molecule has 0 atom stereocenters. The zero-order valence-electron chi connectivity index (χ0n) is 16.8. The highest BCUT2D eigenvalue weighted by molar-refractivity contribution is 5.79. The number of hydrogen-bond donors (Lipinski definition) is 2. The van der Waals surface area contributed by atoms with Crippen molar-refractivity contribution < 1.29 is 14.2 Å². The highest BCUT2D eigenvalue weighted by atomic mass is 16.5. The molecule has 0 aliphatic rings. The molecule has 6 heteroatoms. The maximum absolute atomic E-state index is 5.35. The number of methoxy groups -OCH3 is 3. The van der Waals surface area contributed by atoms with E-state index in [-0.39, 0.29) is 0 Å². The van der Waals surface area contributed by atoms with Gasteiger partial charge in [0.1, 0.15) is 5.75 Å². The van der Waals surface area contributed by atoms with Gasteiger partial charge in [-0.3, -0.25) is 4.99 Å². The average Bonchev–Trinajstić information content (AvgIpc) is 2.70. The highest BCUT2D eigenvalue weighted by Gasteiger charge is 2.05. The van der Waals surface area contributed by atoms with Crippen molar-refractivity contribution in [1.82, 2.24) is 10.6 Å². The van der Waals surface area contributed by atoms with Gasteiger partial charge in [0.2, 0.25) is 0 Å². The molecule has 0 unspecified atom stereocenters. The van der Waals surface area contributed by atoms with E-state index in [1.165, 1.54) is 11.1 Å². The summed E-state index contributed by atoms with van der Waals surface area (Å²) in [6.07, 6.45) is 0.850.